The van der Waals surface area contributed by atoms with Gasteiger partial charge in [0.15, 0.2) is 0 Å². The van der Waals surface area contributed by atoms with Crippen LogP contribution in [0.1, 0.15) is 109 Å². The zero-order chi connectivity index (χ0) is 26.9. The first-order chi connectivity index (χ1) is 15.1. The number of hydrogen-bond donors (Lipinski definition) is 0. The number of carbonyl (C=O) groups excluding carboxylic acids is 2. The summed E-state index contributed by atoms with van der Waals surface area (Å²) in [7, 11) is 3.89. The summed E-state index contributed by atoms with van der Waals surface area (Å²) in [4.78, 5) is 28.0. The fourth-order valence-electron chi connectivity index (χ4n) is 5.16. The maximum absolute atomic E-state index is 12.4. The first-order valence-electron chi connectivity index (χ1n) is 13.0. The highest BCUT2D eigenvalue weighted by Gasteiger charge is 2.38. The molecule has 34 heavy (non-hydrogen) atoms. The van der Waals surface area contributed by atoms with Crippen molar-refractivity contribution in [3.8, 4) is 0 Å². The van der Waals surface area contributed by atoms with Gasteiger partial charge in [-0.1, -0.05) is 94.2 Å². The van der Waals surface area contributed by atoms with E-state index < -0.39 is 0 Å². The van der Waals surface area contributed by atoms with Crippen molar-refractivity contribution in [2.45, 2.75) is 109 Å². The molecule has 0 N–H and O–H groups in total. The average molecular weight is 475 g/mol. The molecule has 0 aromatic heterocycles. The molecule has 0 aromatic carbocycles. The normalized spacial score (nSPS) is 18.6. The van der Waals surface area contributed by atoms with Crippen LogP contribution in [0.25, 0.3) is 0 Å². The van der Waals surface area contributed by atoms with Crippen molar-refractivity contribution in [1.82, 2.24) is 9.80 Å². The Hall–Kier alpha value is -1.42. The monoisotopic (exact) mass is 474 g/mol. The molecule has 0 saturated carbocycles. The van der Waals surface area contributed by atoms with E-state index >= 15 is 0 Å². The van der Waals surface area contributed by atoms with Crippen LogP contribution in [0.5, 0.6) is 0 Å². The number of carbonyl (C=O) groups is 2. The van der Waals surface area contributed by atoms with Gasteiger partial charge in [-0.3, -0.25) is 9.59 Å². The van der Waals surface area contributed by atoms with Crippen molar-refractivity contribution in [1.29, 1.82) is 0 Å². The summed E-state index contributed by atoms with van der Waals surface area (Å²) in [5.41, 5.74) is 6.07. The van der Waals surface area contributed by atoms with Gasteiger partial charge in [-0.15, -0.1) is 0 Å². The van der Waals surface area contributed by atoms with E-state index in [-0.39, 0.29) is 27.6 Å². The third kappa shape index (κ3) is 8.36. The van der Waals surface area contributed by atoms with Crippen LogP contribution in [-0.2, 0) is 9.59 Å². The van der Waals surface area contributed by atoms with Crippen molar-refractivity contribution in [3.63, 3.8) is 0 Å². The highest BCUT2D eigenvalue weighted by atomic mass is 16.2. The van der Waals surface area contributed by atoms with Crippen LogP contribution in [0.15, 0.2) is 22.4 Å². The SMILES string of the molecule is CC(C)(C)C1=C(C(C)(C)C)CC(=O)CC1.CN(C)CC(=O)N1CCC(C(C)(C)C)=C1C(C)(C)C. The largest absolute Gasteiger partial charge is 0.314 e. The Bertz CT molecular complexity index is 816. The fourth-order valence-corrected chi connectivity index (χ4v) is 5.16. The molecule has 0 spiro atoms. The molecule has 1 amide bonds. The van der Waals surface area contributed by atoms with E-state index in [9.17, 15) is 9.59 Å². The second-order valence-corrected chi connectivity index (χ2v) is 14.5. The summed E-state index contributed by atoms with van der Waals surface area (Å²) in [5.74, 6) is 0.627. The molecule has 1 heterocycles. The number of nitrogens with zero attached hydrogens (tertiary/aromatic N) is 2. The molecule has 0 saturated heterocycles. The van der Waals surface area contributed by atoms with Gasteiger partial charge in [-0.05, 0) is 48.8 Å². The number of ketones is 1. The number of hydrogen-bond acceptors (Lipinski definition) is 3. The quantitative estimate of drug-likeness (QED) is 0.396. The predicted octanol–water partition coefficient (Wildman–Crippen LogP) is 7.25. The van der Waals surface area contributed by atoms with E-state index in [1.807, 2.05) is 23.9 Å². The van der Waals surface area contributed by atoms with Crippen molar-refractivity contribution < 1.29 is 9.59 Å². The van der Waals surface area contributed by atoms with Gasteiger partial charge in [0.25, 0.3) is 0 Å². The van der Waals surface area contributed by atoms with Gasteiger partial charge < -0.3 is 9.80 Å². The van der Waals surface area contributed by atoms with Crippen LogP contribution in [0.2, 0.25) is 0 Å². The zero-order valence-electron chi connectivity index (χ0n) is 25.0. The number of Topliss-reactive ketones (excluding diaryl/α,β-unsaturated/α-hetero) is 1. The highest BCUT2D eigenvalue weighted by molar-refractivity contribution is 5.83. The highest BCUT2D eigenvalue weighted by Crippen LogP contribution is 2.44. The van der Waals surface area contributed by atoms with Crippen molar-refractivity contribution >= 4 is 11.7 Å². The molecule has 4 nitrogen and oxygen atoms in total. The molecule has 0 atom stereocenters. The van der Waals surface area contributed by atoms with E-state index in [0.717, 1.165) is 25.8 Å². The molecule has 2 aliphatic rings. The Labute approximate surface area is 211 Å². The van der Waals surface area contributed by atoms with Crippen LogP contribution in [0.4, 0.5) is 0 Å². The van der Waals surface area contributed by atoms with Gasteiger partial charge in [0.1, 0.15) is 5.78 Å². The fraction of sp³-hybridized carbons (Fsp3) is 0.800. The molecule has 0 bridgehead atoms. The molecule has 0 fully saturated rings. The molecular formula is C30H54N2O2. The minimum Gasteiger partial charge on any atom is -0.314 e. The van der Waals surface area contributed by atoms with Gasteiger partial charge in [-0.25, -0.2) is 0 Å². The van der Waals surface area contributed by atoms with E-state index in [4.69, 9.17) is 0 Å². The Balaban J connectivity index is 0.000000350. The second-order valence-electron chi connectivity index (χ2n) is 14.5. The minimum absolute atomic E-state index is 0.0150. The topological polar surface area (TPSA) is 40.6 Å². The van der Waals surface area contributed by atoms with Gasteiger partial charge in [0.2, 0.25) is 5.91 Å². The maximum atomic E-state index is 12.4. The molecule has 2 rings (SSSR count). The van der Waals surface area contributed by atoms with E-state index in [2.05, 4.69) is 83.1 Å². The van der Waals surface area contributed by atoms with Crippen LogP contribution in [0, 0.1) is 21.7 Å². The second kappa shape index (κ2) is 10.7. The molecule has 1 aliphatic carbocycles. The Morgan fingerprint density at radius 1 is 0.706 bits per heavy atom. The summed E-state index contributed by atoms with van der Waals surface area (Å²) >= 11 is 0. The first-order valence-corrected chi connectivity index (χ1v) is 13.0. The minimum atomic E-state index is 0.0150. The standard InChI is InChI=1S/C16H30N2O.C14H24O/c1-15(2,3)12-9-10-18(13(19)11-17(7)8)14(12)16(4,5)6;1-13(2,3)11-8-7-10(15)9-12(11)14(4,5)6/h9-11H2,1-8H3;7-9H2,1-6H3. The van der Waals surface area contributed by atoms with E-state index in [1.165, 1.54) is 22.4 Å². The van der Waals surface area contributed by atoms with Crippen molar-refractivity contribution in [2.75, 3.05) is 27.2 Å². The first kappa shape index (κ1) is 30.6. The Kier molecular flexibility index (Phi) is 9.62. The number of amides is 1. The number of rotatable bonds is 2. The number of allylic oxidation sites excluding steroid dienone is 3. The lowest BCUT2D eigenvalue weighted by atomic mass is 9.69. The Morgan fingerprint density at radius 3 is 1.56 bits per heavy atom. The van der Waals surface area contributed by atoms with Crippen molar-refractivity contribution in [3.05, 3.63) is 22.4 Å². The van der Waals surface area contributed by atoms with Gasteiger partial charge in [0.05, 0.1) is 6.54 Å². The summed E-state index contributed by atoms with van der Waals surface area (Å²) in [6.07, 6.45) is 3.40. The molecule has 0 aromatic rings. The third-order valence-corrected chi connectivity index (χ3v) is 6.71. The van der Waals surface area contributed by atoms with Gasteiger partial charge in [-0.2, -0.15) is 0 Å². The lowest BCUT2D eigenvalue weighted by Crippen LogP contribution is -2.39. The lowest BCUT2D eigenvalue weighted by molar-refractivity contribution is -0.130. The number of likely N-dealkylation sites (N-methyl/N-ethyl adjacent to an activating group) is 1. The lowest BCUT2D eigenvalue weighted by Gasteiger charge is -2.36. The molecule has 0 radical (unpaired) electrons. The summed E-state index contributed by atoms with van der Waals surface area (Å²) in [5, 5.41) is 0. The van der Waals surface area contributed by atoms with E-state index in [1.54, 1.807) is 0 Å². The summed E-state index contributed by atoms with van der Waals surface area (Å²) in [6.45, 7) is 28.1. The summed E-state index contributed by atoms with van der Waals surface area (Å²) in [6, 6.07) is 0. The average Bonchev–Trinajstić information content (AvgIpc) is 3.06. The van der Waals surface area contributed by atoms with Gasteiger partial charge >= 0.3 is 0 Å². The van der Waals surface area contributed by atoms with Crippen LogP contribution in [0.3, 0.4) is 0 Å². The van der Waals surface area contributed by atoms with Gasteiger partial charge in [0, 0.05) is 30.5 Å². The Morgan fingerprint density at radius 2 is 1.18 bits per heavy atom. The molecule has 196 valence electrons. The molecule has 0 unspecified atom stereocenters. The molecular weight excluding hydrogens is 420 g/mol. The zero-order valence-corrected chi connectivity index (χ0v) is 25.0. The maximum Gasteiger partial charge on any atom is 0.240 e. The third-order valence-electron chi connectivity index (χ3n) is 6.71. The predicted molar refractivity (Wildman–Crippen MR) is 146 cm³/mol. The molecule has 4 heteroatoms. The van der Waals surface area contributed by atoms with Crippen molar-refractivity contribution in [2.24, 2.45) is 21.7 Å². The smallest absolute Gasteiger partial charge is 0.240 e. The van der Waals surface area contributed by atoms with Crippen LogP contribution >= 0.6 is 0 Å². The van der Waals surface area contributed by atoms with Crippen LogP contribution in [-0.4, -0.2) is 48.7 Å². The summed E-state index contributed by atoms with van der Waals surface area (Å²) < 4.78 is 0. The van der Waals surface area contributed by atoms with E-state index in [0.29, 0.717) is 18.7 Å². The molecule has 1 aliphatic heterocycles. The van der Waals surface area contributed by atoms with Crippen LogP contribution < -0.4 is 0 Å².